The van der Waals surface area contributed by atoms with Crippen molar-refractivity contribution in [2.24, 2.45) is 0 Å². The molecule has 3 rings (SSSR count). The van der Waals surface area contributed by atoms with Crippen LogP contribution in [0.3, 0.4) is 0 Å². The molecule has 0 aliphatic carbocycles. The highest BCUT2D eigenvalue weighted by Crippen LogP contribution is 2.20. The van der Waals surface area contributed by atoms with Gasteiger partial charge < -0.3 is 5.32 Å². The van der Waals surface area contributed by atoms with Gasteiger partial charge in [0.05, 0.1) is 16.9 Å². The molecule has 1 aromatic heterocycles. The number of halogens is 3. The number of rotatable bonds is 3. The number of nitrogens with one attached hydrogen (secondary N) is 1. The molecule has 0 aliphatic heterocycles. The minimum Gasteiger partial charge on any atom is -0.306 e. The molecule has 0 saturated carbocycles. The number of benzene rings is 2. The lowest BCUT2D eigenvalue weighted by Gasteiger charge is -2.09. The third kappa shape index (κ3) is 3.35. The Labute approximate surface area is 145 Å². The van der Waals surface area contributed by atoms with Gasteiger partial charge in [-0.1, -0.05) is 15.9 Å². The van der Waals surface area contributed by atoms with Crippen LogP contribution in [-0.4, -0.2) is 15.7 Å². The Kier molecular flexibility index (Phi) is 4.44. The van der Waals surface area contributed by atoms with Crippen LogP contribution < -0.4 is 5.32 Å². The maximum Gasteiger partial charge on any atom is 0.259 e. The first-order valence-corrected chi connectivity index (χ1v) is 7.82. The summed E-state index contributed by atoms with van der Waals surface area (Å²) in [7, 11) is 0. The SMILES string of the molecule is Cc1cc(NC(=O)c2cc(Br)ccc2F)n(-c2ccc(F)cc2)n1. The number of amides is 1. The second-order valence-corrected chi connectivity index (χ2v) is 6.05. The van der Waals surface area contributed by atoms with Crippen LogP contribution in [0.5, 0.6) is 0 Å². The molecule has 0 radical (unpaired) electrons. The van der Waals surface area contributed by atoms with Crippen molar-refractivity contribution in [1.82, 2.24) is 9.78 Å². The Morgan fingerprint density at radius 1 is 1.12 bits per heavy atom. The fraction of sp³-hybridized carbons (Fsp3) is 0.0588. The molecule has 0 bridgehead atoms. The van der Waals surface area contributed by atoms with Gasteiger partial charge in [0.1, 0.15) is 17.5 Å². The first-order chi connectivity index (χ1) is 11.4. The van der Waals surface area contributed by atoms with Gasteiger partial charge in [0.2, 0.25) is 0 Å². The van der Waals surface area contributed by atoms with E-state index in [1.807, 2.05) is 0 Å². The molecular weight excluding hydrogens is 380 g/mol. The van der Waals surface area contributed by atoms with Crippen molar-refractivity contribution in [2.75, 3.05) is 5.32 Å². The highest BCUT2D eigenvalue weighted by Gasteiger charge is 2.16. The molecule has 1 amide bonds. The maximum absolute atomic E-state index is 13.9. The molecule has 0 atom stereocenters. The standard InChI is InChI=1S/C17H12BrF2N3O/c1-10-8-16(23(22-10)13-5-3-12(19)4-6-13)21-17(24)14-9-11(18)2-7-15(14)20/h2-9H,1H3,(H,21,24). The molecule has 3 aromatic rings. The number of carbonyl (C=O) groups excluding carboxylic acids is 1. The summed E-state index contributed by atoms with van der Waals surface area (Å²) in [6.45, 7) is 1.76. The van der Waals surface area contributed by atoms with Gasteiger partial charge in [0, 0.05) is 10.5 Å². The highest BCUT2D eigenvalue weighted by molar-refractivity contribution is 9.10. The average molecular weight is 392 g/mol. The molecule has 7 heteroatoms. The molecule has 1 N–H and O–H groups in total. The summed E-state index contributed by atoms with van der Waals surface area (Å²) in [6, 6.07) is 11.4. The zero-order chi connectivity index (χ0) is 17.3. The van der Waals surface area contributed by atoms with Gasteiger partial charge in [-0.3, -0.25) is 4.79 Å². The lowest BCUT2D eigenvalue weighted by molar-refractivity contribution is 0.102. The Balaban J connectivity index is 1.94. The summed E-state index contributed by atoms with van der Waals surface area (Å²) in [5, 5.41) is 6.91. The van der Waals surface area contributed by atoms with Crippen molar-refractivity contribution in [3.8, 4) is 5.69 Å². The largest absolute Gasteiger partial charge is 0.306 e. The highest BCUT2D eigenvalue weighted by atomic mass is 79.9. The Hall–Kier alpha value is -2.54. The zero-order valence-corrected chi connectivity index (χ0v) is 14.1. The smallest absolute Gasteiger partial charge is 0.259 e. The van der Waals surface area contributed by atoms with Crippen LogP contribution in [0.2, 0.25) is 0 Å². The van der Waals surface area contributed by atoms with Crippen molar-refractivity contribution in [1.29, 1.82) is 0 Å². The van der Waals surface area contributed by atoms with E-state index in [1.165, 1.54) is 47.1 Å². The quantitative estimate of drug-likeness (QED) is 0.715. The topological polar surface area (TPSA) is 46.9 Å². The van der Waals surface area contributed by atoms with Crippen LogP contribution in [0.25, 0.3) is 5.69 Å². The van der Waals surface area contributed by atoms with E-state index in [1.54, 1.807) is 13.0 Å². The van der Waals surface area contributed by atoms with Crippen molar-refractivity contribution in [3.05, 3.63) is 75.9 Å². The minimum absolute atomic E-state index is 0.0890. The fourth-order valence-electron chi connectivity index (χ4n) is 2.22. The number of hydrogen-bond acceptors (Lipinski definition) is 2. The maximum atomic E-state index is 13.9. The van der Waals surface area contributed by atoms with E-state index in [0.29, 0.717) is 21.7 Å². The van der Waals surface area contributed by atoms with Crippen molar-refractivity contribution in [2.45, 2.75) is 6.92 Å². The predicted octanol–water partition coefficient (Wildman–Crippen LogP) is 4.47. The second-order valence-electron chi connectivity index (χ2n) is 5.14. The summed E-state index contributed by atoms with van der Waals surface area (Å²) < 4.78 is 29.0. The Morgan fingerprint density at radius 3 is 2.54 bits per heavy atom. The molecule has 0 unspecified atom stereocenters. The monoisotopic (exact) mass is 391 g/mol. The summed E-state index contributed by atoms with van der Waals surface area (Å²) in [6.07, 6.45) is 0. The number of nitrogens with zero attached hydrogens (tertiary/aromatic N) is 2. The first kappa shape index (κ1) is 16.3. The van der Waals surface area contributed by atoms with E-state index in [0.717, 1.165) is 0 Å². The number of aryl methyl sites for hydroxylation is 1. The Morgan fingerprint density at radius 2 is 1.83 bits per heavy atom. The number of carbonyl (C=O) groups is 1. The van der Waals surface area contributed by atoms with Crippen LogP contribution in [-0.2, 0) is 0 Å². The van der Waals surface area contributed by atoms with Crippen LogP contribution in [0, 0.1) is 18.6 Å². The average Bonchev–Trinajstić information content (AvgIpc) is 2.91. The van der Waals surface area contributed by atoms with Crippen LogP contribution in [0.4, 0.5) is 14.6 Å². The Bertz CT molecular complexity index is 907. The second kappa shape index (κ2) is 6.52. The predicted molar refractivity (Wildman–Crippen MR) is 90.3 cm³/mol. The zero-order valence-electron chi connectivity index (χ0n) is 12.6. The van der Waals surface area contributed by atoms with E-state index in [4.69, 9.17) is 0 Å². The third-order valence-corrected chi connectivity index (χ3v) is 3.81. The molecule has 0 spiro atoms. The van der Waals surface area contributed by atoms with Crippen molar-refractivity contribution in [3.63, 3.8) is 0 Å². The molecule has 0 saturated heterocycles. The molecule has 4 nitrogen and oxygen atoms in total. The van der Waals surface area contributed by atoms with Gasteiger partial charge in [0.15, 0.2) is 0 Å². The summed E-state index contributed by atoms with van der Waals surface area (Å²) >= 11 is 3.21. The molecule has 24 heavy (non-hydrogen) atoms. The van der Waals surface area contributed by atoms with E-state index in [9.17, 15) is 13.6 Å². The third-order valence-electron chi connectivity index (χ3n) is 3.32. The van der Waals surface area contributed by atoms with Gasteiger partial charge in [-0.25, -0.2) is 13.5 Å². The summed E-state index contributed by atoms with van der Waals surface area (Å²) in [5.41, 5.74) is 1.15. The minimum atomic E-state index is -0.625. The van der Waals surface area contributed by atoms with Gasteiger partial charge in [0.25, 0.3) is 5.91 Å². The van der Waals surface area contributed by atoms with Gasteiger partial charge in [-0.2, -0.15) is 5.10 Å². The van der Waals surface area contributed by atoms with E-state index in [-0.39, 0.29) is 11.4 Å². The molecule has 1 heterocycles. The van der Waals surface area contributed by atoms with Gasteiger partial charge in [-0.05, 0) is 49.4 Å². The molecule has 0 aliphatic rings. The number of aromatic nitrogens is 2. The van der Waals surface area contributed by atoms with Crippen molar-refractivity contribution < 1.29 is 13.6 Å². The summed E-state index contributed by atoms with van der Waals surface area (Å²) in [5.74, 6) is -1.23. The van der Waals surface area contributed by atoms with E-state index >= 15 is 0 Å². The summed E-state index contributed by atoms with van der Waals surface area (Å²) in [4.78, 5) is 12.4. The normalized spacial score (nSPS) is 10.7. The fourth-order valence-corrected chi connectivity index (χ4v) is 2.58. The molecule has 2 aromatic carbocycles. The first-order valence-electron chi connectivity index (χ1n) is 7.03. The van der Waals surface area contributed by atoms with Crippen LogP contribution in [0.15, 0.2) is 53.0 Å². The molecular formula is C17H12BrF2N3O. The van der Waals surface area contributed by atoms with Crippen LogP contribution in [0.1, 0.15) is 16.1 Å². The van der Waals surface area contributed by atoms with Gasteiger partial charge >= 0.3 is 0 Å². The van der Waals surface area contributed by atoms with Gasteiger partial charge in [-0.15, -0.1) is 0 Å². The molecule has 0 fully saturated rings. The van der Waals surface area contributed by atoms with E-state index < -0.39 is 11.7 Å². The van der Waals surface area contributed by atoms with E-state index in [2.05, 4.69) is 26.3 Å². The molecule has 122 valence electrons. The van der Waals surface area contributed by atoms with Crippen molar-refractivity contribution >= 4 is 27.7 Å². The van der Waals surface area contributed by atoms with Crippen LogP contribution >= 0.6 is 15.9 Å². The number of anilines is 1. The lowest BCUT2D eigenvalue weighted by atomic mass is 10.2. The lowest BCUT2D eigenvalue weighted by Crippen LogP contribution is -2.16. The number of hydrogen-bond donors (Lipinski definition) is 1.